The average molecular weight is 624 g/mol. The number of aliphatic hydroxyl groups is 3. The van der Waals surface area contributed by atoms with Crippen molar-refractivity contribution in [3.63, 3.8) is 0 Å². The van der Waals surface area contributed by atoms with E-state index < -0.39 is 42.5 Å². The van der Waals surface area contributed by atoms with Gasteiger partial charge in [-0.25, -0.2) is 13.7 Å². The van der Waals surface area contributed by atoms with Crippen LogP contribution >= 0.6 is 0 Å². The van der Waals surface area contributed by atoms with E-state index >= 15 is 0 Å². The number of amides is 1. The number of rotatable bonds is 8. The number of benzene rings is 1. The predicted molar refractivity (Wildman–Crippen MR) is 163 cm³/mol. The third-order valence-electron chi connectivity index (χ3n) is 8.80. The van der Waals surface area contributed by atoms with Crippen molar-refractivity contribution in [2.75, 3.05) is 6.61 Å². The maximum atomic E-state index is 12.7. The molecule has 3 heterocycles. The molecule has 0 radical (unpaired) electrons. The fourth-order valence-electron chi connectivity index (χ4n) is 6.61. The molecule has 2 saturated heterocycles. The number of halogens is 2. The van der Waals surface area contributed by atoms with E-state index in [1.165, 1.54) is 0 Å². The summed E-state index contributed by atoms with van der Waals surface area (Å²) in [5.74, 6) is -3.58. The number of aryl methyl sites for hydroxylation is 2. The molecule has 2 aliphatic rings. The first-order chi connectivity index (χ1) is 20.2. The van der Waals surface area contributed by atoms with E-state index in [1.54, 1.807) is 0 Å². The molecule has 0 saturated carbocycles. The van der Waals surface area contributed by atoms with Gasteiger partial charge in [0.05, 0.1) is 0 Å². The van der Waals surface area contributed by atoms with Crippen molar-refractivity contribution >= 4 is 5.91 Å². The van der Waals surface area contributed by atoms with Gasteiger partial charge in [-0.05, 0) is 58.4 Å². The molecule has 1 aromatic heterocycles. The van der Waals surface area contributed by atoms with E-state index in [9.17, 15) is 28.9 Å². The normalized spacial score (nSPS) is 28.3. The second-order valence-corrected chi connectivity index (χ2v) is 14.0. The van der Waals surface area contributed by atoms with Crippen molar-refractivity contribution in [3.8, 4) is 0 Å². The van der Waals surface area contributed by atoms with Crippen LogP contribution in [-0.2, 0) is 21.4 Å². The van der Waals surface area contributed by atoms with Gasteiger partial charge in [0, 0.05) is 36.4 Å². The SMILES string of the molecule is CC1(O)CC(F)(F)COC1C(N)=O.Cc1nnc(C(C)(C)C)n1C(C)CC1CC(C)C(C)N1C(O)(O)CCc1ccccc1. The summed E-state index contributed by atoms with van der Waals surface area (Å²) in [5, 5.41) is 40.6. The minimum atomic E-state index is -3.10. The van der Waals surface area contributed by atoms with Crippen LogP contribution in [0.1, 0.15) is 97.4 Å². The van der Waals surface area contributed by atoms with Crippen LogP contribution in [0.15, 0.2) is 30.3 Å². The number of carbonyl (C=O) groups is 1. The van der Waals surface area contributed by atoms with Crippen LogP contribution in [0.5, 0.6) is 0 Å². The fourth-order valence-corrected chi connectivity index (χ4v) is 6.61. The van der Waals surface area contributed by atoms with Gasteiger partial charge >= 0.3 is 0 Å². The molecule has 1 amide bonds. The second-order valence-electron chi connectivity index (χ2n) is 14.0. The maximum absolute atomic E-state index is 12.7. The van der Waals surface area contributed by atoms with Crippen molar-refractivity contribution in [2.45, 2.75) is 135 Å². The quantitative estimate of drug-likeness (QED) is 0.325. The molecule has 0 spiro atoms. The standard InChI is InChI=1S/C25H40N4O2.C7H11F2NO3/c1-17-15-22(16-18(2)28-20(4)26-27-23(28)24(5,6)7)29(19(17)3)25(30,31)14-13-21-11-9-8-10-12-21;1-6(12)2-7(8,9)3-13-4(6)5(10)11/h8-12,17-19,22,30-31H,13-16H2,1-7H3;4,12H,2-3H2,1H3,(H2,10,11). The van der Waals surface area contributed by atoms with Crippen LogP contribution < -0.4 is 5.73 Å². The third kappa shape index (κ3) is 8.60. The summed E-state index contributed by atoms with van der Waals surface area (Å²) in [6.45, 7) is 15.2. The van der Waals surface area contributed by atoms with Gasteiger partial charge in [0.2, 0.25) is 11.8 Å². The first-order valence-electron chi connectivity index (χ1n) is 15.4. The summed E-state index contributed by atoms with van der Waals surface area (Å²) in [6.07, 6.45) is 0.529. The van der Waals surface area contributed by atoms with Gasteiger partial charge in [0.15, 0.2) is 6.10 Å². The summed E-state index contributed by atoms with van der Waals surface area (Å²) in [6, 6.07) is 10.4. The molecule has 44 heavy (non-hydrogen) atoms. The molecule has 0 bridgehead atoms. The molecule has 0 aliphatic carbocycles. The number of primary amides is 1. The molecule has 10 nitrogen and oxygen atoms in total. The van der Waals surface area contributed by atoms with Gasteiger partial charge in [-0.2, -0.15) is 0 Å². The maximum Gasteiger partial charge on any atom is 0.273 e. The molecule has 12 heteroatoms. The van der Waals surface area contributed by atoms with Crippen molar-refractivity contribution in [1.29, 1.82) is 0 Å². The molecule has 248 valence electrons. The van der Waals surface area contributed by atoms with Gasteiger partial charge in [0.1, 0.15) is 23.9 Å². The summed E-state index contributed by atoms with van der Waals surface area (Å²) < 4.78 is 32.1. The minimum Gasteiger partial charge on any atom is -0.387 e. The van der Waals surface area contributed by atoms with Crippen LogP contribution in [0.3, 0.4) is 0 Å². The van der Waals surface area contributed by atoms with Gasteiger partial charge in [-0.15, -0.1) is 10.2 Å². The Morgan fingerprint density at radius 2 is 1.80 bits per heavy atom. The summed E-state index contributed by atoms with van der Waals surface area (Å²) >= 11 is 0. The van der Waals surface area contributed by atoms with Crippen molar-refractivity contribution in [3.05, 3.63) is 47.5 Å². The van der Waals surface area contributed by atoms with Crippen LogP contribution in [-0.4, -0.2) is 83.1 Å². The Balaban J connectivity index is 0.000000340. The fraction of sp³-hybridized carbons (Fsp3) is 0.719. The molecular formula is C32H51F2N5O5. The monoisotopic (exact) mass is 623 g/mol. The van der Waals surface area contributed by atoms with Gasteiger partial charge < -0.3 is 30.4 Å². The van der Waals surface area contributed by atoms with Crippen molar-refractivity contribution in [2.24, 2.45) is 11.7 Å². The summed E-state index contributed by atoms with van der Waals surface area (Å²) in [4.78, 5) is 12.6. The van der Waals surface area contributed by atoms with Crippen molar-refractivity contribution < 1.29 is 33.6 Å². The van der Waals surface area contributed by atoms with Crippen molar-refractivity contribution in [1.82, 2.24) is 19.7 Å². The van der Waals surface area contributed by atoms with Gasteiger partial charge in [0.25, 0.3) is 5.92 Å². The Morgan fingerprint density at radius 1 is 1.18 bits per heavy atom. The number of nitrogens with zero attached hydrogens (tertiary/aromatic N) is 4. The molecule has 2 fully saturated rings. The Bertz CT molecular complexity index is 1250. The average Bonchev–Trinajstić information content (AvgIpc) is 3.41. The molecule has 6 unspecified atom stereocenters. The summed E-state index contributed by atoms with van der Waals surface area (Å²) in [5.41, 5.74) is 3.99. The van der Waals surface area contributed by atoms with Crippen LogP contribution in [0, 0.1) is 12.8 Å². The largest absolute Gasteiger partial charge is 0.387 e. The number of aromatic nitrogens is 3. The Labute approximate surface area is 259 Å². The highest BCUT2D eigenvalue weighted by Crippen LogP contribution is 2.40. The number of likely N-dealkylation sites (tertiary alicyclic amines) is 1. The number of hydrogen-bond donors (Lipinski definition) is 4. The smallest absolute Gasteiger partial charge is 0.273 e. The lowest BCUT2D eigenvalue weighted by Crippen LogP contribution is -2.57. The highest BCUT2D eigenvalue weighted by Gasteiger charge is 2.51. The molecule has 5 N–H and O–H groups in total. The number of carbonyl (C=O) groups excluding carboxylic acids is 1. The zero-order chi connectivity index (χ0) is 33.3. The molecule has 6 atom stereocenters. The molecular weight excluding hydrogens is 572 g/mol. The number of nitrogens with two attached hydrogens (primary N) is 1. The van der Waals surface area contributed by atoms with E-state index in [-0.39, 0.29) is 30.0 Å². The first-order valence-corrected chi connectivity index (χ1v) is 15.4. The lowest BCUT2D eigenvalue weighted by atomic mass is 9.89. The molecule has 1 aromatic carbocycles. The van der Waals surface area contributed by atoms with Crippen LogP contribution in [0.25, 0.3) is 0 Å². The number of hydrogen-bond acceptors (Lipinski definition) is 8. The Hall–Kier alpha value is -2.51. The molecule has 2 aromatic rings. The number of alkyl halides is 2. The number of ether oxygens (including phenoxy) is 1. The predicted octanol–water partition coefficient (Wildman–Crippen LogP) is 3.85. The zero-order valence-corrected chi connectivity index (χ0v) is 27.3. The Kier molecular flexibility index (Phi) is 11.0. The van der Waals surface area contributed by atoms with Crippen LogP contribution in [0.4, 0.5) is 8.78 Å². The Morgan fingerprint density at radius 3 is 2.34 bits per heavy atom. The van der Waals surface area contributed by atoms with Gasteiger partial charge in [-0.1, -0.05) is 58.0 Å². The van der Waals surface area contributed by atoms with Crippen LogP contribution in [0.2, 0.25) is 0 Å². The molecule has 4 rings (SSSR count). The van der Waals surface area contributed by atoms with E-state index in [1.807, 2.05) is 42.2 Å². The highest BCUT2D eigenvalue weighted by atomic mass is 19.3. The van der Waals surface area contributed by atoms with E-state index in [0.717, 1.165) is 37.0 Å². The van der Waals surface area contributed by atoms with E-state index in [0.29, 0.717) is 12.3 Å². The van der Waals surface area contributed by atoms with Gasteiger partial charge in [-0.3, -0.25) is 4.79 Å². The topological polar surface area (TPSA) is 147 Å². The first kappa shape index (κ1) is 36.0. The zero-order valence-electron chi connectivity index (χ0n) is 27.3. The second kappa shape index (κ2) is 13.5. The highest BCUT2D eigenvalue weighted by molar-refractivity contribution is 5.80. The third-order valence-corrected chi connectivity index (χ3v) is 8.80. The summed E-state index contributed by atoms with van der Waals surface area (Å²) in [7, 11) is 0. The minimum absolute atomic E-state index is 0.0837. The van der Waals surface area contributed by atoms with E-state index in [4.69, 9.17) is 5.73 Å². The molecule has 2 aliphatic heterocycles. The van der Waals surface area contributed by atoms with E-state index in [2.05, 4.69) is 61.0 Å². The lowest BCUT2D eigenvalue weighted by Gasteiger charge is -2.41. The lowest BCUT2D eigenvalue weighted by molar-refractivity contribution is -0.282.